The van der Waals surface area contributed by atoms with Crippen LogP contribution in [0.3, 0.4) is 0 Å². The molecule has 0 aromatic carbocycles. The maximum absolute atomic E-state index is 12.4. The van der Waals surface area contributed by atoms with Gasteiger partial charge in [0.1, 0.15) is 5.75 Å². The van der Waals surface area contributed by atoms with Gasteiger partial charge >= 0.3 is 0 Å². The van der Waals surface area contributed by atoms with Gasteiger partial charge in [-0.05, 0) is 50.3 Å². The van der Waals surface area contributed by atoms with Crippen molar-refractivity contribution in [3.8, 4) is 5.75 Å². The summed E-state index contributed by atoms with van der Waals surface area (Å²) >= 11 is 0. The van der Waals surface area contributed by atoms with Crippen molar-refractivity contribution in [1.82, 2.24) is 25.0 Å². The third-order valence-electron chi connectivity index (χ3n) is 5.48. The molecule has 26 heavy (non-hydrogen) atoms. The summed E-state index contributed by atoms with van der Waals surface area (Å²) in [6.45, 7) is 1.72. The number of aromatic nitrogens is 3. The van der Waals surface area contributed by atoms with E-state index in [9.17, 15) is 9.90 Å². The molecule has 0 spiro atoms. The smallest absolute Gasteiger partial charge is 0.252 e. The molecule has 138 valence electrons. The standard InChI is InChI=1S/C19H25N5O2/c1-23-17(6-7-22-23)18-13(3-2-8-24(18)15-4-5-15)11-21-19(26)14-9-16(25)12-20-10-14/h6-7,9-10,12-13,15,18,25H,2-5,8,11H2,1H3,(H,21,26)/t13-,18+/m0/s1. The van der Waals surface area contributed by atoms with Crippen LogP contribution in [0.2, 0.25) is 0 Å². The molecule has 2 N–H and O–H groups in total. The highest BCUT2D eigenvalue weighted by molar-refractivity contribution is 5.94. The highest BCUT2D eigenvalue weighted by Gasteiger charge is 2.41. The predicted molar refractivity (Wildman–Crippen MR) is 96.6 cm³/mol. The lowest BCUT2D eigenvalue weighted by atomic mass is 9.86. The molecule has 0 unspecified atom stereocenters. The van der Waals surface area contributed by atoms with Crippen LogP contribution < -0.4 is 5.32 Å². The molecule has 2 aliphatic rings. The number of rotatable bonds is 5. The highest BCUT2D eigenvalue weighted by Crippen LogP contribution is 2.42. The number of piperidine rings is 1. The number of amides is 1. The lowest BCUT2D eigenvalue weighted by Crippen LogP contribution is -2.45. The van der Waals surface area contributed by atoms with Gasteiger partial charge in [-0.25, -0.2) is 0 Å². The number of carbonyl (C=O) groups excluding carboxylic acids is 1. The Bertz CT molecular complexity index is 786. The Balaban J connectivity index is 1.50. The summed E-state index contributed by atoms with van der Waals surface area (Å²) in [6, 6.07) is 4.49. The van der Waals surface area contributed by atoms with Gasteiger partial charge in [0.2, 0.25) is 0 Å². The zero-order valence-corrected chi connectivity index (χ0v) is 15.0. The number of aromatic hydroxyl groups is 1. The second-order valence-electron chi connectivity index (χ2n) is 7.34. The monoisotopic (exact) mass is 355 g/mol. The maximum Gasteiger partial charge on any atom is 0.252 e. The Hall–Kier alpha value is -2.41. The summed E-state index contributed by atoms with van der Waals surface area (Å²) in [6.07, 6.45) is 9.42. The molecular formula is C19H25N5O2. The van der Waals surface area contributed by atoms with Crippen LogP contribution in [0.1, 0.15) is 47.8 Å². The molecule has 7 heteroatoms. The van der Waals surface area contributed by atoms with Crippen LogP contribution in [0.5, 0.6) is 5.75 Å². The van der Waals surface area contributed by atoms with E-state index in [0.717, 1.165) is 19.4 Å². The van der Waals surface area contributed by atoms with Gasteiger partial charge in [0.25, 0.3) is 5.91 Å². The fourth-order valence-electron chi connectivity index (χ4n) is 4.10. The summed E-state index contributed by atoms with van der Waals surface area (Å²) in [5.74, 6) is 0.151. The molecule has 7 nitrogen and oxygen atoms in total. The van der Waals surface area contributed by atoms with Crippen molar-refractivity contribution in [2.75, 3.05) is 13.1 Å². The topological polar surface area (TPSA) is 83.3 Å². The van der Waals surface area contributed by atoms with Crippen molar-refractivity contribution in [1.29, 1.82) is 0 Å². The van der Waals surface area contributed by atoms with Crippen molar-refractivity contribution >= 4 is 5.91 Å². The van der Waals surface area contributed by atoms with E-state index in [-0.39, 0.29) is 17.7 Å². The van der Waals surface area contributed by atoms with Crippen molar-refractivity contribution in [3.05, 3.63) is 42.0 Å². The van der Waals surface area contributed by atoms with E-state index < -0.39 is 0 Å². The predicted octanol–water partition coefficient (Wildman–Crippen LogP) is 1.87. The largest absolute Gasteiger partial charge is 0.506 e. The van der Waals surface area contributed by atoms with E-state index in [2.05, 4.69) is 26.4 Å². The number of nitrogens with zero attached hydrogens (tertiary/aromatic N) is 4. The average molecular weight is 355 g/mol. The molecule has 1 amide bonds. The van der Waals surface area contributed by atoms with Crippen LogP contribution in [0.25, 0.3) is 0 Å². The van der Waals surface area contributed by atoms with Crippen LogP contribution in [-0.2, 0) is 7.05 Å². The molecule has 3 heterocycles. The molecule has 1 aliphatic carbocycles. The van der Waals surface area contributed by atoms with Gasteiger partial charge in [0, 0.05) is 32.0 Å². The zero-order valence-electron chi connectivity index (χ0n) is 15.0. The fourth-order valence-corrected chi connectivity index (χ4v) is 4.10. The molecular weight excluding hydrogens is 330 g/mol. The first kappa shape index (κ1) is 17.0. The van der Waals surface area contributed by atoms with Crippen LogP contribution in [0.4, 0.5) is 0 Å². The van der Waals surface area contributed by atoms with E-state index >= 15 is 0 Å². The summed E-state index contributed by atoms with van der Waals surface area (Å²) in [7, 11) is 1.99. The first-order valence-electron chi connectivity index (χ1n) is 9.29. The van der Waals surface area contributed by atoms with Gasteiger partial charge in [-0.3, -0.25) is 19.4 Å². The molecule has 2 fully saturated rings. The lowest BCUT2D eigenvalue weighted by Gasteiger charge is -2.41. The minimum atomic E-state index is -0.194. The second kappa shape index (κ2) is 7.07. The van der Waals surface area contributed by atoms with Gasteiger partial charge in [-0.1, -0.05) is 0 Å². The maximum atomic E-state index is 12.4. The molecule has 1 saturated heterocycles. The molecule has 1 saturated carbocycles. The number of hydrogen-bond acceptors (Lipinski definition) is 5. The minimum Gasteiger partial charge on any atom is -0.506 e. The summed E-state index contributed by atoms with van der Waals surface area (Å²) in [5, 5.41) is 16.9. The molecule has 0 bridgehead atoms. The van der Waals surface area contributed by atoms with E-state index in [4.69, 9.17) is 0 Å². The Labute approximate surface area is 153 Å². The second-order valence-corrected chi connectivity index (χ2v) is 7.34. The summed E-state index contributed by atoms with van der Waals surface area (Å²) < 4.78 is 1.96. The Morgan fingerprint density at radius 1 is 1.35 bits per heavy atom. The van der Waals surface area contributed by atoms with Gasteiger partial charge in [-0.2, -0.15) is 5.10 Å². The van der Waals surface area contributed by atoms with Crippen LogP contribution in [0, 0.1) is 5.92 Å². The van der Waals surface area contributed by atoms with E-state index in [0.29, 0.717) is 24.1 Å². The quantitative estimate of drug-likeness (QED) is 0.855. The molecule has 1 aliphatic heterocycles. The number of aryl methyl sites for hydroxylation is 1. The molecule has 2 aromatic rings. The first-order chi connectivity index (χ1) is 12.6. The molecule has 2 atom stereocenters. The Morgan fingerprint density at radius 2 is 2.19 bits per heavy atom. The summed E-state index contributed by atoms with van der Waals surface area (Å²) in [5.41, 5.74) is 1.60. The third kappa shape index (κ3) is 3.44. The number of hydrogen-bond donors (Lipinski definition) is 2. The van der Waals surface area contributed by atoms with Crippen molar-refractivity contribution in [2.24, 2.45) is 13.0 Å². The van der Waals surface area contributed by atoms with Gasteiger partial charge < -0.3 is 10.4 Å². The normalized spacial score (nSPS) is 23.7. The molecule has 4 rings (SSSR count). The van der Waals surface area contributed by atoms with Crippen LogP contribution in [0.15, 0.2) is 30.7 Å². The molecule has 2 aromatic heterocycles. The number of likely N-dealkylation sites (tertiary alicyclic amines) is 1. The zero-order chi connectivity index (χ0) is 18.1. The lowest BCUT2D eigenvalue weighted by molar-refractivity contribution is 0.0727. The minimum absolute atomic E-state index is 0.00276. The van der Waals surface area contributed by atoms with E-state index in [1.165, 1.54) is 37.0 Å². The van der Waals surface area contributed by atoms with Crippen LogP contribution in [-0.4, -0.2) is 49.8 Å². The van der Waals surface area contributed by atoms with Crippen LogP contribution >= 0.6 is 0 Å². The number of nitrogens with one attached hydrogen (secondary N) is 1. The number of pyridine rings is 1. The highest BCUT2D eigenvalue weighted by atomic mass is 16.3. The Morgan fingerprint density at radius 3 is 2.88 bits per heavy atom. The van der Waals surface area contributed by atoms with Crippen molar-refractivity contribution in [3.63, 3.8) is 0 Å². The molecule has 0 radical (unpaired) electrons. The van der Waals surface area contributed by atoms with Gasteiger partial charge in [0.15, 0.2) is 0 Å². The summed E-state index contributed by atoms with van der Waals surface area (Å²) in [4.78, 5) is 18.9. The third-order valence-corrected chi connectivity index (χ3v) is 5.48. The average Bonchev–Trinajstić information content (AvgIpc) is 3.41. The number of carbonyl (C=O) groups is 1. The van der Waals surface area contributed by atoms with Gasteiger partial charge in [-0.15, -0.1) is 0 Å². The van der Waals surface area contributed by atoms with Crippen molar-refractivity contribution < 1.29 is 9.90 Å². The van der Waals surface area contributed by atoms with Gasteiger partial charge in [0.05, 0.1) is 23.5 Å². The SMILES string of the molecule is Cn1nccc1[C@H]1[C@H](CNC(=O)c2cncc(O)c2)CCCN1C1CC1. The Kier molecular flexibility index (Phi) is 4.63. The van der Waals surface area contributed by atoms with Crippen molar-refractivity contribution in [2.45, 2.75) is 37.8 Å². The first-order valence-corrected chi connectivity index (χ1v) is 9.29. The van der Waals surface area contributed by atoms with E-state index in [1.807, 2.05) is 17.9 Å². The van der Waals surface area contributed by atoms with E-state index in [1.54, 1.807) is 0 Å². The fraction of sp³-hybridized carbons (Fsp3) is 0.526.